The van der Waals surface area contributed by atoms with Crippen LogP contribution in [0.2, 0.25) is 0 Å². The van der Waals surface area contributed by atoms with Gasteiger partial charge in [0, 0.05) is 20.4 Å². The fourth-order valence-electron chi connectivity index (χ4n) is 0.332. The van der Waals surface area contributed by atoms with Gasteiger partial charge in [-0.2, -0.15) is 0 Å². The molecule has 0 atom stereocenters. The minimum Gasteiger partial charge on any atom is -0.360 e. The third-order valence-corrected chi connectivity index (χ3v) is 2.96. The van der Waals surface area contributed by atoms with Crippen LogP contribution in [0, 0.1) is 0 Å². The highest BCUT2D eigenvalue weighted by molar-refractivity contribution is 8.16. The Labute approximate surface area is 60.6 Å². The van der Waals surface area contributed by atoms with Gasteiger partial charge < -0.3 is 4.90 Å². The zero-order valence-electron chi connectivity index (χ0n) is 5.58. The van der Waals surface area contributed by atoms with Gasteiger partial charge in [0.2, 0.25) is 9.84 Å². The molecule has 9 heavy (non-hydrogen) atoms. The molecule has 0 amide bonds. The van der Waals surface area contributed by atoms with Crippen LogP contribution in [0.4, 0.5) is 0 Å². The lowest BCUT2D eigenvalue weighted by molar-refractivity contribution is 0.596. The molecule has 0 saturated carbocycles. The van der Waals surface area contributed by atoms with Crippen LogP contribution < -0.4 is 0 Å². The zero-order valence-corrected chi connectivity index (χ0v) is 7.21. The number of sulfone groups is 1. The summed E-state index contributed by atoms with van der Waals surface area (Å²) in [5.41, 5.74) is 0. The Hall–Kier alpha value is -0.160. The summed E-state index contributed by atoms with van der Waals surface area (Å²) in [6.45, 7) is 0. The standard InChI is InChI=1S/C4H9NO2S2/c1-5(2)4(8)9(3,6)7/h1-3H3. The third-order valence-electron chi connectivity index (χ3n) is 0.682. The molecule has 0 aromatic heterocycles. The van der Waals surface area contributed by atoms with E-state index in [9.17, 15) is 8.42 Å². The SMILES string of the molecule is CN(C)C(=S)S(C)(=O)=O. The topological polar surface area (TPSA) is 37.4 Å². The van der Waals surface area contributed by atoms with Crippen molar-refractivity contribution < 1.29 is 8.42 Å². The van der Waals surface area contributed by atoms with Crippen molar-refractivity contribution in [2.24, 2.45) is 0 Å². The Morgan fingerprint density at radius 1 is 1.44 bits per heavy atom. The van der Waals surface area contributed by atoms with Crippen LogP contribution >= 0.6 is 12.2 Å². The summed E-state index contributed by atoms with van der Waals surface area (Å²) >= 11 is 4.55. The van der Waals surface area contributed by atoms with Crippen LogP contribution in [-0.4, -0.2) is 38.0 Å². The van der Waals surface area contributed by atoms with Crippen molar-refractivity contribution in [3.8, 4) is 0 Å². The number of thiocarbonyl (C=S) groups is 1. The molecule has 0 fully saturated rings. The minimum absolute atomic E-state index is 0.0255. The molecule has 0 aliphatic heterocycles. The number of nitrogens with zero attached hydrogens (tertiary/aromatic N) is 1. The minimum atomic E-state index is -3.14. The summed E-state index contributed by atoms with van der Waals surface area (Å²) in [5.74, 6) is 0. The third kappa shape index (κ3) is 2.76. The molecule has 0 aliphatic carbocycles. The lowest BCUT2D eigenvalue weighted by Gasteiger charge is -2.09. The van der Waals surface area contributed by atoms with Crippen LogP contribution in [0.1, 0.15) is 0 Å². The van der Waals surface area contributed by atoms with E-state index in [-0.39, 0.29) is 4.32 Å². The van der Waals surface area contributed by atoms with Crippen molar-refractivity contribution in [2.75, 3.05) is 20.4 Å². The van der Waals surface area contributed by atoms with E-state index in [0.717, 1.165) is 6.26 Å². The van der Waals surface area contributed by atoms with Gasteiger partial charge in [-0.15, -0.1) is 0 Å². The normalized spacial score (nSPS) is 11.0. The maximum absolute atomic E-state index is 10.6. The lowest BCUT2D eigenvalue weighted by Crippen LogP contribution is -2.26. The molecule has 0 bridgehead atoms. The predicted octanol–water partition coefficient (Wildman–Crippen LogP) is -0.122. The summed E-state index contributed by atoms with van der Waals surface area (Å²) < 4.78 is 21.2. The van der Waals surface area contributed by atoms with Crippen LogP contribution in [-0.2, 0) is 9.84 Å². The summed E-state index contributed by atoms with van der Waals surface area (Å²) in [6, 6.07) is 0. The van der Waals surface area contributed by atoms with Gasteiger partial charge in [0.15, 0.2) is 4.32 Å². The molecule has 0 saturated heterocycles. The van der Waals surface area contributed by atoms with E-state index in [1.165, 1.54) is 4.90 Å². The fraction of sp³-hybridized carbons (Fsp3) is 0.750. The van der Waals surface area contributed by atoms with Crippen LogP contribution in [0.25, 0.3) is 0 Å². The Balaban J connectivity index is 4.45. The Bertz CT molecular complexity index is 205. The quantitative estimate of drug-likeness (QED) is 0.471. The van der Waals surface area contributed by atoms with E-state index in [0.29, 0.717) is 0 Å². The molecular weight excluding hydrogens is 158 g/mol. The van der Waals surface area contributed by atoms with Gasteiger partial charge in [-0.05, 0) is 12.2 Å². The molecule has 0 heterocycles. The summed E-state index contributed by atoms with van der Waals surface area (Å²) in [4.78, 5) is 1.39. The predicted molar refractivity (Wildman–Crippen MR) is 41.1 cm³/mol. The monoisotopic (exact) mass is 167 g/mol. The second kappa shape index (κ2) is 2.62. The van der Waals surface area contributed by atoms with E-state index in [2.05, 4.69) is 12.2 Å². The molecule has 3 nitrogen and oxygen atoms in total. The van der Waals surface area contributed by atoms with Crippen molar-refractivity contribution in [1.29, 1.82) is 0 Å². The first kappa shape index (κ1) is 8.84. The Morgan fingerprint density at radius 2 is 1.78 bits per heavy atom. The van der Waals surface area contributed by atoms with Gasteiger partial charge in [-0.3, -0.25) is 0 Å². The maximum Gasteiger partial charge on any atom is 0.201 e. The lowest BCUT2D eigenvalue weighted by atomic mass is 11.0. The summed E-state index contributed by atoms with van der Waals surface area (Å²) in [7, 11) is 0.0565. The Morgan fingerprint density at radius 3 is 1.78 bits per heavy atom. The molecule has 5 heteroatoms. The first-order chi connectivity index (χ1) is 3.85. The van der Waals surface area contributed by atoms with Gasteiger partial charge in [0.1, 0.15) is 0 Å². The molecular formula is C4H9NO2S2. The van der Waals surface area contributed by atoms with E-state index >= 15 is 0 Å². The van der Waals surface area contributed by atoms with E-state index < -0.39 is 9.84 Å². The molecule has 0 unspecified atom stereocenters. The van der Waals surface area contributed by atoms with Crippen LogP contribution in [0.5, 0.6) is 0 Å². The van der Waals surface area contributed by atoms with E-state index in [1.54, 1.807) is 14.1 Å². The fourth-order valence-corrected chi connectivity index (χ4v) is 0.995. The van der Waals surface area contributed by atoms with Crippen molar-refractivity contribution >= 4 is 26.4 Å². The van der Waals surface area contributed by atoms with Gasteiger partial charge in [-0.25, -0.2) is 8.42 Å². The first-order valence-electron chi connectivity index (χ1n) is 2.27. The van der Waals surface area contributed by atoms with Crippen molar-refractivity contribution in [1.82, 2.24) is 4.90 Å². The second-order valence-corrected chi connectivity index (χ2v) is 4.51. The smallest absolute Gasteiger partial charge is 0.201 e. The average Bonchev–Trinajstić information content (AvgIpc) is 1.62. The Kier molecular flexibility index (Phi) is 2.57. The highest BCUT2D eigenvalue weighted by Gasteiger charge is 2.11. The molecule has 0 radical (unpaired) electrons. The van der Waals surface area contributed by atoms with Crippen LogP contribution in [0.15, 0.2) is 0 Å². The van der Waals surface area contributed by atoms with Gasteiger partial charge >= 0.3 is 0 Å². The molecule has 0 rings (SSSR count). The average molecular weight is 167 g/mol. The van der Waals surface area contributed by atoms with Crippen molar-refractivity contribution in [2.45, 2.75) is 0 Å². The molecule has 0 N–H and O–H groups in total. The zero-order chi connectivity index (χ0) is 7.65. The number of hydrogen-bond acceptors (Lipinski definition) is 3. The van der Waals surface area contributed by atoms with Gasteiger partial charge in [-0.1, -0.05) is 0 Å². The summed E-state index contributed by atoms with van der Waals surface area (Å²) in [5, 5.41) is 0. The second-order valence-electron chi connectivity index (χ2n) is 1.93. The maximum atomic E-state index is 10.6. The molecule has 0 aliphatic rings. The highest BCUT2D eigenvalue weighted by Crippen LogP contribution is 1.91. The van der Waals surface area contributed by atoms with Crippen molar-refractivity contribution in [3.63, 3.8) is 0 Å². The number of hydrogen-bond donors (Lipinski definition) is 0. The molecule has 0 aromatic carbocycles. The number of rotatable bonds is 0. The van der Waals surface area contributed by atoms with Crippen LogP contribution in [0.3, 0.4) is 0 Å². The molecule has 0 spiro atoms. The largest absolute Gasteiger partial charge is 0.360 e. The first-order valence-corrected chi connectivity index (χ1v) is 4.57. The summed E-state index contributed by atoms with van der Waals surface area (Å²) in [6.07, 6.45) is 1.09. The van der Waals surface area contributed by atoms with Gasteiger partial charge in [0.25, 0.3) is 0 Å². The van der Waals surface area contributed by atoms with Crippen molar-refractivity contribution in [3.05, 3.63) is 0 Å². The molecule has 0 aromatic rings. The van der Waals surface area contributed by atoms with E-state index in [1.807, 2.05) is 0 Å². The van der Waals surface area contributed by atoms with Gasteiger partial charge in [0.05, 0.1) is 0 Å². The highest BCUT2D eigenvalue weighted by atomic mass is 32.2. The van der Waals surface area contributed by atoms with E-state index in [4.69, 9.17) is 0 Å². The molecule has 54 valence electrons.